The van der Waals surface area contributed by atoms with Crippen molar-refractivity contribution >= 4 is 0 Å². The van der Waals surface area contributed by atoms with Crippen LogP contribution in [-0.2, 0) is 4.74 Å². The van der Waals surface area contributed by atoms with Gasteiger partial charge in [-0.05, 0) is 17.4 Å². The first-order chi connectivity index (χ1) is 6.96. The maximum Gasteiger partial charge on any atom is 0.132 e. The summed E-state index contributed by atoms with van der Waals surface area (Å²) in [6.07, 6.45) is 3.25. The van der Waals surface area contributed by atoms with Crippen molar-refractivity contribution in [3.8, 4) is 0 Å². The Kier molecular flexibility index (Phi) is 4.17. The lowest BCUT2D eigenvalue weighted by Gasteiger charge is -2.34. The Balaban J connectivity index is 2.96. The Morgan fingerprint density at radius 1 is 1.47 bits per heavy atom. The minimum Gasteiger partial charge on any atom is -0.359 e. The first kappa shape index (κ1) is 12.5. The van der Waals surface area contributed by atoms with Crippen LogP contribution >= 0.6 is 0 Å². The first-order valence-corrected chi connectivity index (χ1v) is 5.79. The summed E-state index contributed by atoms with van der Waals surface area (Å²) in [6.45, 7) is 10.3. The average molecular weight is 212 g/mol. The molecule has 1 saturated heterocycles. The molecule has 0 saturated carbocycles. The van der Waals surface area contributed by atoms with Gasteiger partial charge in [-0.15, -0.1) is 0 Å². The molecule has 0 amide bonds. The standard InChI is InChI=1S/C12H24N2O/c1-5-6-10(12(2,3)4)11-7-8-15-9-14(11)13/h5-9,13H2,1-4H3/b11-10+. The van der Waals surface area contributed by atoms with Crippen LogP contribution in [0, 0.1) is 5.41 Å². The third kappa shape index (κ3) is 3.21. The molecule has 0 atom stereocenters. The molecule has 1 fully saturated rings. The fraction of sp³-hybridized carbons (Fsp3) is 0.833. The van der Waals surface area contributed by atoms with Gasteiger partial charge in [0, 0.05) is 12.1 Å². The number of nitrogens with two attached hydrogens (primary N) is 1. The molecule has 0 aromatic heterocycles. The van der Waals surface area contributed by atoms with Crippen LogP contribution in [0.15, 0.2) is 11.3 Å². The molecule has 3 nitrogen and oxygen atoms in total. The fourth-order valence-corrected chi connectivity index (χ4v) is 2.08. The predicted molar refractivity (Wildman–Crippen MR) is 62.9 cm³/mol. The summed E-state index contributed by atoms with van der Waals surface area (Å²) < 4.78 is 5.32. The molecule has 1 aliphatic rings. The Morgan fingerprint density at radius 2 is 2.13 bits per heavy atom. The van der Waals surface area contributed by atoms with E-state index in [1.807, 2.05) is 0 Å². The van der Waals surface area contributed by atoms with E-state index in [2.05, 4.69) is 27.7 Å². The van der Waals surface area contributed by atoms with Crippen LogP contribution in [0.2, 0.25) is 0 Å². The summed E-state index contributed by atoms with van der Waals surface area (Å²) in [7, 11) is 0. The van der Waals surface area contributed by atoms with Gasteiger partial charge >= 0.3 is 0 Å². The Bertz CT molecular complexity index is 240. The van der Waals surface area contributed by atoms with Crippen LogP contribution in [0.4, 0.5) is 0 Å². The summed E-state index contributed by atoms with van der Waals surface area (Å²) >= 11 is 0. The number of ether oxygens (including phenoxy) is 1. The van der Waals surface area contributed by atoms with Gasteiger partial charge in [-0.3, -0.25) is 5.01 Å². The molecule has 0 aliphatic carbocycles. The number of hydrogen-bond donors (Lipinski definition) is 1. The van der Waals surface area contributed by atoms with Crippen molar-refractivity contribution in [3.63, 3.8) is 0 Å². The highest BCUT2D eigenvalue weighted by atomic mass is 16.5. The number of hydrazine groups is 1. The van der Waals surface area contributed by atoms with Gasteiger partial charge in [-0.1, -0.05) is 34.1 Å². The highest BCUT2D eigenvalue weighted by molar-refractivity contribution is 5.19. The van der Waals surface area contributed by atoms with Gasteiger partial charge in [-0.2, -0.15) is 0 Å². The number of nitrogens with zero attached hydrogens (tertiary/aromatic N) is 1. The van der Waals surface area contributed by atoms with Crippen LogP contribution in [0.5, 0.6) is 0 Å². The summed E-state index contributed by atoms with van der Waals surface area (Å²) in [5.41, 5.74) is 2.98. The lowest BCUT2D eigenvalue weighted by molar-refractivity contribution is 0.0109. The minimum atomic E-state index is 0.209. The van der Waals surface area contributed by atoms with Crippen molar-refractivity contribution in [1.29, 1.82) is 0 Å². The SMILES string of the molecule is CCC/C(=C1/CCOCN1N)C(C)(C)C. The van der Waals surface area contributed by atoms with E-state index >= 15 is 0 Å². The zero-order valence-electron chi connectivity index (χ0n) is 10.5. The number of rotatable bonds is 2. The van der Waals surface area contributed by atoms with Crippen molar-refractivity contribution in [2.24, 2.45) is 11.3 Å². The maximum atomic E-state index is 5.96. The van der Waals surface area contributed by atoms with Gasteiger partial charge in [0.05, 0.1) is 6.61 Å². The molecule has 1 rings (SSSR count). The quantitative estimate of drug-likeness (QED) is 0.715. The van der Waals surface area contributed by atoms with E-state index in [1.165, 1.54) is 17.7 Å². The first-order valence-electron chi connectivity index (χ1n) is 5.79. The lowest BCUT2D eigenvalue weighted by Crippen LogP contribution is -2.39. The largest absolute Gasteiger partial charge is 0.359 e. The molecule has 0 bridgehead atoms. The van der Waals surface area contributed by atoms with Crippen molar-refractivity contribution in [3.05, 3.63) is 11.3 Å². The molecule has 0 spiro atoms. The Morgan fingerprint density at radius 3 is 2.60 bits per heavy atom. The van der Waals surface area contributed by atoms with Gasteiger partial charge in [-0.25, -0.2) is 5.84 Å². The number of allylic oxidation sites excluding steroid dienone is 1. The monoisotopic (exact) mass is 212 g/mol. The molecule has 3 heteroatoms. The molecule has 15 heavy (non-hydrogen) atoms. The third-order valence-electron chi connectivity index (χ3n) is 2.81. The van der Waals surface area contributed by atoms with E-state index in [0.717, 1.165) is 19.4 Å². The smallest absolute Gasteiger partial charge is 0.132 e. The fourth-order valence-electron chi connectivity index (χ4n) is 2.08. The highest BCUT2D eigenvalue weighted by Gasteiger charge is 2.24. The number of hydrogen-bond acceptors (Lipinski definition) is 3. The molecule has 0 radical (unpaired) electrons. The summed E-state index contributed by atoms with van der Waals surface area (Å²) in [6, 6.07) is 0. The molecular weight excluding hydrogens is 188 g/mol. The molecule has 0 aromatic rings. The summed E-state index contributed by atoms with van der Waals surface area (Å²) in [5, 5.41) is 1.76. The molecule has 88 valence electrons. The van der Waals surface area contributed by atoms with Gasteiger partial charge in [0.15, 0.2) is 0 Å². The van der Waals surface area contributed by atoms with Gasteiger partial charge in [0.2, 0.25) is 0 Å². The van der Waals surface area contributed by atoms with Gasteiger partial charge in [0.25, 0.3) is 0 Å². The molecule has 0 aromatic carbocycles. The van der Waals surface area contributed by atoms with Crippen molar-refractivity contribution in [2.75, 3.05) is 13.3 Å². The van der Waals surface area contributed by atoms with Crippen LogP contribution < -0.4 is 5.84 Å². The van der Waals surface area contributed by atoms with E-state index < -0.39 is 0 Å². The minimum absolute atomic E-state index is 0.209. The maximum absolute atomic E-state index is 5.96. The lowest BCUT2D eigenvalue weighted by atomic mass is 9.81. The predicted octanol–water partition coefficient (Wildman–Crippen LogP) is 2.64. The third-order valence-corrected chi connectivity index (χ3v) is 2.81. The normalized spacial score (nSPS) is 21.8. The van der Waals surface area contributed by atoms with Gasteiger partial charge < -0.3 is 4.74 Å². The zero-order valence-corrected chi connectivity index (χ0v) is 10.5. The van der Waals surface area contributed by atoms with E-state index in [1.54, 1.807) is 5.01 Å². The van der Waals surface area contributed by atoms with E-state index in [0.29, 0.717) is 6.73 Å². The van der Waals surface area contributed by atoms with Crippen LogP contribution in [-0.4, -0.2) is 18.3 Å². The molecule has 1 heterocycles. The second kappa shape index (κ2) is 4.99. The van der Waals surface area contributed by atoms with Crippen molar-refractivity contribution in [2.45, 2.75) is 47.0 Å². The topological polar surface area (TPSA) is 38.5 Å². The second-order valence-electron chi connectivity index (χ2n) is 5.18. The van der Waals surface area contributed by atoms with E-state index in [9.17, 15) is 0 Å². The van der Waals surface area contributed by atoms with E-state index in [-0.39, 0.29) is 5.41 Å². The van der Waals surface area contributed by atoms with Crippen molar-refractivity contribution in [1.82, 2.24) is 5.01 Å². The highest BCUT2D eigenvalue weighted by Crippen LogP contribution is 2.34. The second-order valence-corrected chi connectivity index (χ2v) is 5.18. The molecular formula is C12H24N2O. The molecule has 0 unspecified atom stereocenters. The molecule has 2 N–H and O–H groups in total. The van der Waals surface area contributed by atoms with Crippen LogP contribution in [0.25, 0.3) is 0 Å². The summed E-state index contributed by atoms with van der Waals surface area (Å²) in [5.74, 6) is 5.96. The van der Waals surface area contributed by atoms with Crippen molar-refractivity contribution < 1.29 is 4.74 Å². The zero-order chi connectivity index (χ0) is 11.5. The Labute approximate surface area is 93.2 Å². The molecule has 1 aliphatic heterocycles. The van der Waals surface area contributed by atoms with Crippen LogP contribution in [0.3, 0.4) is 0 Å². The van der Waals surface area contributed by atoms with E-state index in [4.69, 9.17) is 10.6 Å². The average Bonchev–Trinajstić information content (AvgIpc) is 2.14. The van der Waals surface area contributed by atoms with Crippen LogP contribution in [0.1, 0.15) is 47.0 Å². The Hall–Kier alpha value is -0.540. The summed E-state index contributed by atoms with van der Waals surface area (Å²) in [4.78, 5) is 0. The van der Waals surface area contributed by atoms with Gasteiger partial charge in [0.1, 0.15) is 6.73 Å².